The van der Waals surface area contributed by atoms with Gasteiger partial charge in [-0.15, -0.1) is 0 Å². The summed E-state index contributed by atoms with van der Waals surface area (Å²) < 4.78 is 5.40. The average Bonchev–Trinajstić information content (AvgIpc) is 2.75. The second kappa shape index (κ2) is 14.7. The second-order valence-electron chi connectivity index (χ2n) is 10.8. The number of aromatic hydroxyl groups is 1. The van der Waals surface area contributed by atoms with Crippen LogP contribution in [0.25, 0.3) is 0 Å². The fraction of sp³-hybridized carbons (Fsp3) is 0.679. The molecule has 0 aliphatic carbocycles. The van der Waals surface area contributed by atoms with Crippen LogP contribution in [0.5, 0.6) is 5.75 Å². The van der Waals surface area contributed by atoms with Gasteiger partial charge in [-0.2, -0.15) is 0 Å². The van der Waals surface area contributed by atoms with Gasteiger partial charge in [0.25, 0.3) is 0 Å². The Morgan fingerprint density at radius 2 is 1.69 bits per heavy atom. The molecular formula is C28H47N3O5. The Hall–Kier alpha value is -2.77. The zero-order valence-electron chi connectivity index (χ0n) is 23.4. The fourth-order valence-corrected chi connectivity index (χ4v) is 4.02. The summed E-state index contributed by atoms with van der Waals surface area (Å²) in [6.07, 6.45) is 3.56. The summed E-state index contributed by atoms with van der Waals surface area (Å²) in [5.41, 5.74) is -0.199. The van der Waals surface area contributed by atoms with Crippen molar-refractivity contribution >= 4 is 17.9 Å². The lowest BCUT2D eigenvalue weighted by Gasteiger charge is -2.36. The van der Waals surface area contributed by atoms with E-state index in [-0.39, 0.29) is 29.5 Å². The Kier molecular flexibility index (Phi) is 12.8. The first-order valence-corrected chi connectivity index (χ1v) is 13.2. The van der Waals surface area contributed by atoms with E-state index in [0.717, 1.165) is 25.7 Å². The van der Waals surface area contributed by atoms with Gasteiger partial charge in [0.1, 0.15) is 23.4 Å². The van der Waals surface area contributed by atoms with Crippen LogP contribution < -0.4 is 10.6 Å². The molecule has 0 spiro atoms. The van der Waals surface area contributed by atoms with Crippen LogP contribution in [-0.2, 0) is 14.3 Å². The second-order valence-corrected chi connectivity index (χ2v) is 10.8. The number of ether oxygens (including phenoxy) is 1. The SMILES string of the molecule is CCCCCN(C(=O)C(NC(=O)OC(C)(C)C)C(C)C)C(C(=O)NC(C)CCC)c1cccc(O)c1. The Labute approximate surface area is 217 Å². The van der Waals surface area contributed by atoms with Crippen molar-refractivity contribution in [2.45, 2.75) is 111 Å². The maximum absolute atomic E-state index is 14.0. The molecular weight excluding hydrogens is 458 g/mol. The summed E-state index contributed by atoms with van der Waals surface area (Å²) in [5, 5.41) is 15.9. The molecule has 0 radical (unpaired) electrons. The lowest BCUT2D eigenvalue weighted by molar-refractivity contribution is -0.143. The molecule has 3 unspecified atom stereocenters. The Bertz CT molecular complexity index is 850. The molecule has 0 aromatic heterocycles. The lowest BCUT2D eigenvalue weighted by Crippen LogP contribution is -2.55. The van der Waals surface area contributed by atoms with Crippen LogP contribution in [0.2, 0.25) is 0 Å². The molecule has 8 heteroatoms. The summed E-state index contributed by atoms with van der Waals surface area (Å²) in [6, 6.07) is 4.53. The van der Waals surface area contributed by atoms with Crippen molar-refractivity contribution in [1.82, 2.24) is 15.5 Å². The highest BCUT2D eigenvalue weighted by molar-refractivity contribution is 5.92. The Morgan fingerprint density at radius 1 is 1.03 bits per heavy atom. The summed E-state index contributed by atoms with van der Waals surface area (Å²) >= 11 is 0. The van der Waals surface area contributed by atoms with Crippen molar-refractivity contribution in [3.8, 4) is 5.75 Å². The molecule has 0 bridgehead atoms. The zero-order chi connectivity index (χ0) is 27.5. The number of phenolic OH excluding ortho intramolecular Hbond substituents is 1. The third-order valence-corrected chi connectivity index (χ3v) is 5.75. The maximum atomic E-state index is 14.0. The topological polar surface area (TPSA) is 108 Å². The number of carbonyl (C=O) groups excluding carboxylic acids is 3. The molecule has 1 rings (SSSR count). The van der Waals surface area contributed by atoms with Crippen LogP contribution in [-0.4, -0.2) is 52.1 Å². The van der Waals surface area contributed by atoms with E-state index < -0.39 is 23.8 Å². The van der Waals surface area contributed by atoms with E-state index in [4.69, 9.17) is 4.74 Å². The third kappa shape index (κ3) is 10.5. The molecule has 1 aromatic rings. The van der Waals surface area contributed by atoms with E-state index >= 15 is 0 Å². The van der Waals surface area contributed by atoms with Gasteiger partial charge >= 0.3 is 6.09 Å². The van der Waals surface area contributed by atoms with Crippen LogP contribution >= 0.6 is 0 Å². The number of nitrogens with zero attached hydrogens (tertiary/aromatic N) is 1. The van der Waals surface area contributed by atoms with Gasteiger partial charge in [0.2, 0.25) is 11.8 Å². The van der Waals surface area contributed by atoms with Crippen LogP contribution in [0.15, 0.2) is 24.3 Å². The molecule has 0 aliphatic heterocycles. The summed E-state index contributed by atoms with van der Waals surface area (Å²) in [6.45, 7) is 15.4. The van der Waals surface area contributed by atoms with Crippen LogP contribution in [0.1, 0.15) is 99.1 Å². The van der Waals surface area contributed by atoms with E-state index in [9.17, 15) is 19.5 Å². The van der Waals surface area contributed by atoms with Gasteiger partial charge in [-0.3, -0.25) is 9.59 Å². The van der Waals surface area contributed by atoms with Crippen LogP contribution in [0, 0.1) is 5.92 Å². The predicted octanol–water partition coefficient (Wildman–Crippen LogP) is 5.31. The highest BCUT2D eigenvalue weighted by Crippen LogP contribution is 2.27. The number of hydrogen-bond donors (Lipinski definition) is 3. The first kappa shape index (κ1) is 31.3. The number of rotatable bonds is 13. The minimum atomic E-state index is -0.956. The predicted molar refractivity (Wildman–Crippen MR) is 143 cm³/mol. The van der Waals surface area contributed by atoms with Gasteiger partial charge in [0, 0.05) is 12.6 Å². The molecule has 0 aliphatic rings. The number of amides is 3. The first-order valence-electron chi connectivity index (χ1n) is 13.2. The van der Waals surface area contributed by atoms with Crippen molar-refractivity contribution in [3.05, 3.63) is 29.8 Å². The van der Waals surface area contributed by atoms with E-state index in [2.05, 4.69) is 17.6 Å². The van der Waals surface area contributed by atoms with Crippen LogP contribution in [0.3, 0.4) is 0 Å². The molecule has 0 saturated carbocycles. The number of alkyl carbamates (subject to hydrolysis) is 1. The smallest absolute Gasteiger partial charge is 0.408 e. The molecule has 0 heterocycles. The number of carbonyl (C=O) groups is 3. The quantitative estimate of drug-likeness (QED) is 0.315. The molecule has 204 valence electrons. The van der Waals surface area contributed by atoms with Crippen molar-refractivity contribution in [1.29, 1.82) is 0 Å². The number of phenols is 1. The standard InChI is InChI=1S/C28H47N3O5/c1-9-11-12-17-31(26(34)23(19(3)4)30-27(35)36-28(6,7)8)24(21-15-13-16-22(32)18-21)25(33)29-20(5)14-10-2/h13,15-16,18-20,23-24,32H,9-12,14,17H2,1-8H3,(H,29,33)(H,30,35). The van der Waals surface area contributed by atoms with Gasteiger partial charge in [-0.1, -0.05) is 59.1 Å². The van der Waals surface area contributed by atoms with E-state index in [1.54, 1.807) is 37.8 Å². The lowest BCUT2D eigenvalue weighted by atomic mass is 9.98. The monoisotopic (exact) mass is 505 g/mol. The number of hydrogen-bond acceptors (Lipinski definition) is 5. The van der Waals surface area contributed by atoms with E-state index in [0.29, 0.717) is 18.5 Å². The third-order valence-electron chi connectivity index (χ3n) is 5.75. The van der Waals surface area contributed by atoms with Crippen molar-refractivity contribution in [3.63, 3.8) is 0 Å². The Balaban J connectivity index is 3.46. The summed E-state index contributed by atoms with van der Waals surface area (Å²) in [7, 11) is 0. The largest absolute Gasteiger partial charge is 0.508 e. The minimum Gasteiger partial charge on any atom is -0.508 e. The molecule has 8 nitrogen and oxygen atoms in total. The normalized spacial score (nSPS) is 14.0. The zero-order valence-corrected chi connectivity index (χ0v) is 23.4. The Morgan fingerprint density at radius 3 is 2.22 bits per heavy atom. The van der Waals surface area contributed by atoms with E-state index in [1.165, 1.54) is 12.1 Å². The number of unbranched alkanes of at least 4 members (excludes halogenated alkanes) is 2. The van der Waals surface area contributed by atoms with Crippen molar-refractivity contribution < 1.29 is 24.2 Å². The molecule has 36 heavy (non-hydrogen) atoms. The number of nitrogens with one attached hydrogen (secondary N) is 2. The first-order chi connectivity index (χ1) is 16.8. The molecule has 0 saturated heterocycles. The highest BCUT2D eigenvalue weighted by atomic mass is 16.6. The van der Waals surface area contributed by atoms with E-state index in [1.807, 2.05) is 27.7 Å². The molecule has 0 fully saturated rings. The number of benzene rings is 1. The van der Waals surface area contributed by atoms with Gasteiger partial charge in [-0.05, 0) is 64.2 Å². The molecule has 1 aromatic carbocycles. The fourth-order valence-electron chi connectivity index (χ4n) is 4.02. The molecule has 3 atom stereocenters. The average molecular weight is 506 g/mol. The summed E-state index contributed by atoms with van der Waals surface area (Å²) in [5.74, 6) is -0.907. The molecule has 3 N–H and O–H groups in total. The van der Waals surface area contributed by atoms with Gasteiger partial charge in [0.05, 0.1) is 0 Å². The summed E-state index contributed by atoms with van der Waals surface area (Å²) in [4.78, 5) is 41.8. The highest BCUT2D eigenvalue weighted by Gasteiger charge is 2.37. The van der Waals surface area contributed by atoms with Crippen molar-refractivity contribution in [2.24, 2.45) is 5.92 Å². The van der Waals surface area contributed by atoms with Crippen molar-refractivity contribution in [2.75, 3.05) is 6.54 Å². The maximum Gasteiger partial charge on any atom is 0.408 e. The molecule has 3 amide bonds. The minimum absolute atomic E-state index is 0.0140. The van der Waals surface area contributed by atoms with Crippen LogP contribution in [0.4, 0.5) is 4.79 Å². The van der Waals surface area contributed by atoms with Gasteiger partial charge in [-0.25, -0.2) is 4.79 Å². The van der Waals surface area contributed by atoms with Gasteiger partial charge in [0.15, 0.2) is 0 Å². The van der Waals surface area contributed by atoms with Gasteiger partial charge < -0.3 is 25.4 Å².